The van der Waals surface area contributed by atoms with Crippen molar-refractivity contribution in [3.05, 3.63) is 12.2 Å². The van der Waals surface area contributed by atoms with Crippen LogP contribution in [0.15, 0.2) is 12.2 Å². The molecule has 0 aliphatic rings. The van der Waals surface area contributed by atoms with Crippen LogP contribution < -0.4 is 0 Å². The van der Waals surface area contributed by atoms with E-state index in [1.54, 1.807) is 33.1 Å². The van der Waals surface area contributed by atoms with Gasteiger partial charge in [-0.1, -0.05) is 6.58 Å². The molecule has 0 radical (unpaired) electrons. The first-order chi connectivity index (χ1) is 7.36. The molecule has 0 atom stereocenters. The van der Waals surface area contributed by atoms with Gasteiger partial charge in [-0.15, -0.1) is 0 Å². The van der Waals surface area contributed by atoms with Crippen molar-refractivity contribution in [3.63, 3.8) is 0 Å². The van der Waals surface area contributed by atoms with Crippen molar-refractivity contribution in [2.75, 3.05) is 27.8 Å². The number of likely N-dealkylation sites (N-methyl/N-ethyl adjacent to an activating group) is 1. The molecule has 1 amide bonds. The number of rotatable bonds is 7. The zero-order valence-corrected chi connectivity index (χ0v) is 12.0. The third kappa shape index (κ3) is 4.91. The molecule has 0 aromatic heterocycles. The second-order valence-electron chi connectivity index (χ2n) is 4.15. The van der Waals surface area contributed by atoms with Crippen molar-refractivity contribution in [2.24, 2.45) is 0 Å². The summed E-state index contributed by atoms with van der Waals surface area (Å²) in [7, 11) is 3.16. The summed E-state index contributed by atoms with van der Waals surface area (Å²) in [4.78, 5) is 13.2. The maximum atomic E-state index is 11.5. The minimum atomic E-state index is -1.99. The maximum absolute atomic E-state index is 11.5. The van der Waals surface area contributed by atoms with Crippen molar-refractivity contribution < 1.29 is 13.6 Å². The standard InChI is InChI=1S/C11H23NO3Si/c1-10(2)11(13)12(3)8-7-9-16(6,14-4)15-5/h1,7-9H2,2-6H3. The van der Waals surface area contributed by atoms with E-state index in [0.29, 0.717) is 12.1 Å². The average molecular weight is 245 g/mol. The predicted molar refractivity (Wildman–Crippen MR) is 67.5 cm³/mol. The highest BCUT2D eigenvalue weighted by molar-refractivity contribution is 6.65. The monoisotopic (exact) mass is 245 g/mol. The van der Waals surface area contributed by atoms with E-state index in [1.807, 2.05) is 6.55 Å². The molecular weight excluding hydrogens is 222 g/mol. The number of carbonyl (C=O) groups excluding carboxylic acids is 1. The lowest BCUT2D eigenvalue weighted by Crippen LogP contribution is -2.37. The zero-order chi connectivity index (χ0) is 12.8. The minimum Gasteiger partial charge on any atom is -0.398 e. The Labute approximate surface area is 99.5 Å². The van der Waals surface area contributed by atoms with Crippen LogP contribution in [0.1, 0.15) is 13.3 Å². The number of nitrogens with zero attached hydrogens (tertiary/aromatic N) is 1. The molecule has 0 spiro atoms. The van der Waals surface area contributed by atoms with E-state index in [1.165, 1.54) is 0 Å². The Morgan fingerprint density at radius 2 is 1.88 bits per heavy atom. The molecule has 0 aromatic carbocycles. The summed E-state index contributed by atoms with van der Waals surface area (Å²) in [5.74, 6) is -0.00166. The molecule has 0 saturated carbocycles. The van der Waals surface area contributed by atoms with E-state index in [4.69, 9.17) is 8.85 Å². The lowest BCUT2D eigenvalue weighted by atomic mass is 10.3. The van der Waals surface area contributed by atoms with Crippen LogP contribution in [-0.2, 0) is 13.6 Å². The van der Waals surface area contributed by atoms with Crippen molar-refractivity contribution in [2.45, 2.75) is 25.9 Å². The van der Waals surface area contributed by atoms with Crippen LogP contribution in [-0.4, -0.2) is 47.2 Å². The molecule has 0 heterocycles. The quantitative estimate of drug-likeness (QED) is 0.507. The number of carbonyl (C=O) groups is 1. The first-order valence-electron chi connectivity index (χ1n) is 5.37. The van der Waals surface area contributed by atoms with Gasteiger partial charge < -0.3 is 13.8 Å². The maximum Gasteiger partial charge on any atom is 0.334 e. The van der Waals surface area contributed by atoms with E-state index < -0.39 is 8.56 Å². The minimum absolute atomic E-state index is 0.00166. The first-order valence-corrected chi connectivity index (χ1v) is 7.90. The lowest BCUT2D eigenvalue weighted by Gasteiger charge is -2.24. The Morgan fingerprint density at radius 3 is 2.25 bits per heavy atom. The van der Waals surface area contributed by atoms with Crippen molar-refractivity contribution >= 4 is 14.5 Å². The number of amides is 1. The normalized spacial score (nSPS) is 11.3. The molecule has 0 rings (SSSR count). The topological polar surface area (TPSA) is 38.8 Å². The Balaban J connectivity index is 3.99. The highest BCUT2D eigenvalue weighted by Gasteiger charge is 2.28. The summed E-state index contributed by atoms with van der Waals surface area (Å²) < 4.78 is 10.7. The summed E-state index contributed by atoms with van der Waals surface area (Å²) in [5, 5.41) is 0. The Kier molecular flexibility index (Phi) is 6.55. The van der Waals surface area contributed by atoms with Gasteiger partial charge in [0.1, 0.15) is 0 Å². The Hall–Kier alpha value is -0.653. The summed E-state index contributed by atoms with van der Waals surface area (Å²) in [5.41, 5.74) is 0.570. The third-order valence-corrected chi connectivity index (χ3v) is 5.69. The van der Waals surface area contributed by atoms with Crippen LogP contribution in [0.4, 0.5) is 0 Å². The van der Waals surface area contributed by atoms with Gasteiger partial charge in [-0.25, -0.2) is 0 Å². The second-order valence-corrected chi connectivity index (χ2v) is 7.74. The van der Waals surface area contributed by atoms with Crippen molar-refractivity contribution in [1.29, 1.82) is 0 Å². The molecule has 4 nitrogen and oxygen atoms in total. The fourth-order valence-electron chi connectivity index (χ4n) is 1.35. The van der Waals surface area contributed by atoms with Crippen molar-refractivity contribution in [1.82, 2.24) is 4.90 Å². The summed E-state index contributed by atoms with van der Waals surface area (Å²) >= 11 is 0. The molecule has 0 fully saturated rings. The van der Waals surface area contributed by atoms with Gasteiger partial charge >= 0.3 is 8.56 Å². The van der Waals surface area contributed by atoms with E-state index in [0.717, 1.165) is 12.5 Å². The largest absolute Gasteiger partial charge is 0.398 e. The Morgan fingerprint density at radius 1 is 1.38 bits per heavy atom. The number of hydrogen-bond donors (Lipinski definition) is 0. The lowest BCUT2D eigenvalue weighted by molar-refractivity contribution is -0.125. The van der Waals surface area contributed by atoms with Gasteiger partial charge in [0.05, 0.1) is 0 Å². The molecule has 0 N–H and O–H groups in total. The molecule has 0 aliphatic heterocycles. The van der Waals surface area contributed by atoms with Crippen molar-refractivity contribution in [3.8, 4) is 0 Å². The van der Waals surface area contributed by atoms with Gasteiger partial charge in [0.15, 0.2) is 0 Å². The molecular formula is C11H23NO3Si. The molecule has 0 bridgehead atoms. The molecule has 5 heteroatoms. The van der Waals surface area contributed by atoms with Gasteiger partial charge in [-0.05, 0) is 25.9 Å². The summed E-state index contributed by atoms with van der Waals surface area (Å²) in [6.07, 6.45) is 0.889. The van der Waals surface area contributed by atoms with Gasteiger partial charge in [-0.3, -0.25) is 4.79 Å². The fourth-order valence-corrected chi connectivity index (χ4v) is 2.73. The average Bonchev–Trinajstić information content (AvgIpc) is 2.27. The summed E-state index contributed by atoms with van der Waals surface area (Å²) in [6.45, 7) is 8.09. The van der Waals surface area contributed by atoms with Crippen LogP contribution in [0.25, 0.3) is 0 Å². The van der Waals surface area contributed by atoms with E-state index >= 15 is 0 Å². The van der Waals surface area contributed by atoms with E-state index in [2.05, 4.69) is 6.58 Å². The molecule has 0 saturated heterocycles. The van der Waals surface area contributed by atoms with Gasteiger partial charge in [0, 0.05) is 33.4 Å². The van der Waals surface area contributed by atoms with Gasteiger partial charge in [0.2, 0.25) is 5.91 Å². The van der Waals surface area contributed by atoms with Gasteiger partial charge in [-0.2, -0.15) is 0 Å². The zero-order valence-electron chi connectivity index (χ0n) is 11.0. The highest BCUT2D eigenvalue weighted by Crippen LogP contribution is 2.14. The first kappa shape index (κ1) is 15.3. The van der Waals surface area contributed by atoms with Crippen LogP contribution in [0.2, 0.25) is 12.6 Å². The predicted octanol–water partition coefficient (Wildman–Crippen LogP) is 1.78. The molecule has 94 valence electrons. The summed E-state index contributed by atoms with van der Waals surface area (Å²) in [6, 6.07) is 0.883. The molecule has 0 unspecified atom stereocenters. The highest BCUT2D eigenvalue weighted by atomic mass is 28.4. The molecule has 16 heavy (non-hydrogen) atoms. The van der Waals surface area contributed by atoms with Crippen LogP contribution in [0.3, 0.4) is 0 Å². The molecule has 0 aliphatic carbocycles. The van der Waals surface area contributed by atoms with Crippen LogP contribution >= 0.6 is 0 Å². The van der Waals surface area contributed by atoms with E-state index in [-0.39, 0.29) is 5.91 Å². The SMILES string of the molecule is C=C(C)C(=O)N(C)CCC[Si](C)(OC)OC. The van der Waals surface area contributed by atoms with E-state index in [9.17, 15) is 4.79 Å². The van der Waals surface area contributed by atoms with Gasteiger partial charge in [0.25, 0.3) is 0 Å². The Bertz CT molecular complexity index is 252. The van der Waals surface area contributed by atoms with Crippen LogP contribution in [0, 0.1) is 0 Å². The smallest absolute Gasteiger partial charge is 0.334 e. The second kappa shape index (κ2) is 6.83. The molecule has 0 aromatic rings. The third-order valence-electron chi connectivity index (χ3n) is 2.70. The van der Waals surface area contributed by atoms with Crippen LogP contribution in [0.5, 0.6) is 0 Å². The number of hydrogen-bond acceptors (Lipinski definition) is 3. The fraction of sp³-hybridized carbons (Fsp3) is 0.727.